The molecule has 2 N–H and O–H groups in total. The number of anilines is 2. The number of amides is 1. The van der Waals surface area contributed by atoms with Crippen LogP contribution in [0.4, 0.5) is 11.4 Å². The number of carbonyl (C=O) groups excluding carboxylic acids is 1. The van der Waals surface area contributed by atoms with Crippen molar-refractivity contribution in [1.29, 1.82) is 0 Å². The molecule has 0 bridgehead atoms. The molecular formula is C16H17ClN2O4S. The van der Waals surface area contributed by atoms with Crippen molar-refractivity contribution in [2.75, 3.05) is 17.1 Å². The van der Waals surface area contributed by atoms with E-state index < -0.39 is 10.0 Å². The van der Waals surface area contributed by atoms with Gasteiger partial charge in [0.15, 0.2) is 0 Å². The fraction of sp³-hybridized carbons (Fsp3) is 0.188. The summed E-state index contributed by atoms with van der Waals surface area (Å²) in [6, 6.07) is 9.16. The smallest absolute Gasteiger partial charge is 0.261 e. The van der Waals surface area contributed by atoms with Gasteiger partial charge in [-0.3, -0.25) is 9.52 Å². The third-order valence-corrected chi connectivity index (χ3v) is 5.08. The second-order valence-corrected chi connectivity index (χ2v) is 7.15. The Labute approximate surface area is 145 Å². The Kier molecular flexibility index (Phi) is 5.36. The zero-order valence-corrected chi connectivity index (χ0v) is 15.0. The summed E-state index contributed by atoms with van der Waals surface area (Å²) in [6.07, 6.45) is 0. The number of rotatable bonds is 5. The fourth-order valence-corrected chi connectivity index (χ4v) is 3.39. The highest BCUT2D eigenvalue weighted by Gasteiger charge is 2.18. The van der Waals surface area contributed by atoms with Gasteiger partial charge in [-0.05, 0) is 42.8 Å². The monoisotopic (exact) mass is 368 g/mol. The number of carbonyl (C=O) groups is 1. The number of methoxy groups -OCH3 is 1. The molecule has 0 aliphatic carbocycles. The summed E-state index contributed by atoms with van der Waals surface area (Å²) >= 11 is 6.01. The van der Waals surface area contributed by atoms with Crippen molar-refractivity contribution in [2.45, 2.75) is 18.7 Å². The van der Waals surface area contributed by atoms with E-state index in [1.54, 1.807) is 25.1 Å². The van der Waals surface area contributed by atoms with Gasteiger partial charge < -0.3 is 10.1 Å². The SMILES string of the molecule is COc1ccc(S(=O)(=O)Nc2cccc(Cl)c2C)cc1NC(C)=O. The van der Waals surface area contributed by atoms with E-state index in [4.69, 9.17) is 16.3 Å². The second kappa shape index (κ2) is 7.11. The number of ether oxygens (including phenoxy) is 1. The quantitative estimate of drug-likeness (QED) is 0.846. The summed E-state index contributed by atoms with van der Waals surface area (Å²) in [7, 11) is -2.42. The minimum atomic E-state index is -3.85. The van der Waals surface area contributed by atoms with Crippen LogP contribution in [-0.4, -0.2) is 21.4 Å². The summed E-state index contributed by atoms with van der Waals surface area (Å²) in [5.74, 6) is 0.0320. The summed E-state index contributed by atoms with van der Waals surface area (Å²) in [4.78, 5) is 11.3. The number of halogens is 1. The maximum absolute atomic E-state index is 12.6. The lowest BCUT2D eigenvalue weighted by Gasteiger charge is -2.14. The highest BCUT2D eigenvalue weighted by Crippen LogP contribution is 2.30. The molecule has 8 heteroatoms. The van der Waals surface area contributed by atoms with Crippen LogP contribution in [0.5, 0.6) is 5.75 Å². The maximum atomic E-state index is 12.6. The van der Waals surface area contributed by atoms with Crippen LogP contribution in [0.15, 0.2) is 41.3 Å². The number of benzene rings is 2. The Morgan fingerprint density at radius 1 is 1.17 bits per heavy atom. The van der Waals surface area contributed by atoms with Crippen LogP contribution in [-0.2, 0) is 14.8 Å². The first-order chi connectivity index (χ1) is 11.2. The van der Waals surface area contributed by atoms with Gasteiger partial charge in [-0.2, -0.15) is 0 Å². The van der Waals surface area contributed by atoms with E-state index in [0.29, 0.717) is 22.0 Å². The molecule has 0 unspecified atom stereocenters. The zero-order valence-electron chi connectivity index (χ0n) is 13.4. The largest absolute Gasteiger partial charge is 0.495 e. The topological polar surface area (TPSA) is 84.5 Å². The molecule has 0 aliphatic rings. The summed E-state index contributed by atoms with van der Waals surface area (Å²) in [5.41, 5.74) is 1.29. The molecule has 0 saturated carbocycles. The number of hydrogen-bond donors (Lipinski definition) is 2. The molecule has 0 saturated heterocycles. The number of sulfonamides is 1. The van der Waals surface area contributed by atoms with Gasteiger partial charge in [0, 0.05) is 11.9 Å². The van der Waals surface area contributed by atoms with Gasteiger partial charge in [0.1, 0.15) is 5.75 Å². The lowest BCUT2D eigenvalue weighted by atomic mass is 10.2. The highest BCUT2D eigenvalue weighted by atomic mass is 35.5. The summed E-state index contributed by atoms with van der Waals surface area (Å²) < 4.78 is 32.8. The Morgan fingerprint density at radius 2 is 1.88 bits per heavy atom. The van der Waals surface area contributed by atoms with Crippen LogP contribution in [0.1, 0.15) is 12.5 Å². The first-order valence-corrected chi connectivity index (χ1v) is 8.84. The van der Waals surface area contributed by atoms with E-state index in [1.165, 1.54) is 32.2 Å². The Morgan fingerprint density at radius 3 is 2.50 bits per heavy atom. The summed E-state index contributed by atoms with van der Waals surface area (Å²) in [6.45, 7) is 3.05. The van der Waals surface area contributed by atoms with Gasteiger partial charge in [-0.1, -0.05) is 17.7 Å². The average molecular weight is 369 g/mol. The van der Waals surface area contributed by atoms with E-state index in [1.807, 2.05) is 0 Å². The maximum Gasteiger partial charge on any atom is 0.261 e. The molecule has 6 nitrogen and oxygen atoms in total. The molecule has 24 heavy (non-hydrogen) atoms. The van der Waals surface area contributed by atoms with Crippen LogP contribution in [0.3, 0.4) is 0 Å². The number of nitrogens with one attached hydrogen (secondary N) is 2. The molecule has 2 rings (SSSR count). The molecule has 0 aromatic heterocycles. The fourth-order valence-electron chi connectivity index (χ4n) is 2.06. The molecule has 0 heterocycles. The van der Waals surface area contributed by atoms with Crippen LogP contribution in [0.25, 0.3) is 0 Å². The molecule has 2 aromatic carbocycles. The average Bonchev–Trinajstić information content (AvgIpc) is 2.51. The molecule has 0 atom stereocenters. The van der Waals surface area contributed by atoms with E-state index >= 15 is 0 Å². The first-order valence-electron chi connectivity index (χ1n) is 6.98. The van der Waals surface area contributed by atoms with Crippen molar-refractivity contribution in [3.63, 3.8) is 0 Å². The predicted octanol–water partition coefficient (Wildman–Crippen LogP) is 3.42. The van der Waals surface area contributed by atoms with Crippen molar-refractivity contribution in [1.82, 2.24) is 0 Å². The predicted molar refractivity (Wildman–Crippen MR) is 94.3 cm³/mol. The van der Waals surface area contributed by atoms with Crippen LogP contribution < -0.4 is 14.8 Å². The lowest BCUT2D eigenvalue weighted by Crippen LogP contribution is -2.15. The van der Waals surface area contributed by atoms with Crippen LogP contribution in [0, 0.1) is 6.92 Å². The molecule has 0 fully saturated rings. The van der Waals surface area contributed by atoms with Gasteiger partial charge in [0.05, 0.1) is 23.4 Å². The molecule has 2 aromatic rings. The van der Waals surface area contributed by atoms with Gasteiger partial charge in [-0.15, -0.1) is 0 Å². The Bertz CT molecular complexity index is 882. The number of hydrogen-bond acceptors (Lipinski definition) is 4. The van der Waals surface area contributed by atoms with E-state index in [2.05, 4.69) is 10.0 Å². The van der Waals surface area contributed by atoms with Gasteiger partial charge in [0.25, 0.3) is 10.0 Å². The third-order valence-electron chi connectivity index (χ3n) is 3.30. The molecule has 0 aliphatic heterocycles. The van der Waals surface area contributed by atoms with Crippen molar-refractivity contribution in [3.8, 4) is 5.75 Å². The van der Waals surface area contributed by atoms with E-state index in [0.717, 1.165) is 0 Å². The highest BCUT2D eigenvalue weighted by molar-refractivity contribution is 7.92. The third kappa shape index (κ3) is 3.98. The first kappa shape index (κ1) is 18.1. The Hall–Kier alpha value is -2.25. The van der Waals surface area contributed by atoms with Crippen LogP contribution >= 0.6 is 11.6 Å². The Balaban J connectivity index is 2.42. The van der Waals surface area contributed by atoms with Gasteiger partial charge in [-0.25, -0.2) is 8.42 Å². The molecule has 0 spiro atoms. The molecule has 0 radical (unpaired) electrons. The van der Waals surface area contributed by atoms with Gasteiger partial charge >= 0.3 is 0 Å². The zero-order chi connectivity index (χ0) is 17.9. The second-order valence-electron chi connectivity index (χ2n) is 5.06. The van der Waals surface area contributed by atoms with Gasteiger partial charge in [0.2, 0.25) is 5.91 Å². The standard InChI is InChI=1S/C16H17ClN2O4S/c1-10-13(17)5-4-6-14(10)19-24(21,22)12-7-8-16(23-3)15(9-12)18-11(2)20/h4-9,19H,1-3H3,(H,18,20). The van der Waals surface area contributed by atoms with Crippen LogP contribution in [0.2, 0.25) is 5.02 Å². The summed E-state index contributed by atoms with van der Waals surface area (Å²) in [5, 5.41) is 3.01. The molecule has 1 amide bonds. The van der Waals surface area contributed by atoms with Crippen molar-refractivity contribution < 1.29 is 17.9 Å². The molecule has 128 valence electrons. The van der Waals surface area contributed by atoms with E-state index in [-0.39, 0.29) is 16.5 Å². The minimum absolute atomic E-state index is 0.00794. The van der Waals surface area contributed by atoms with Crippen molar-refractivity contribution >= 4 is 38.9 Å². The van der Waals surface area contributed by atoms with Crippen molar-refractivity contribution in [2.24, 2.45) is 0 Å². The van der Waals surface area contributed by atoms with Crippen molar-refractivity contribution in [3.05, 3.63) is 47.0 Å². The minimum Gasteiger partial charge on any atom is -0.495 e. The lowest BCUT2D eigenvalue weighted by molar-refractivity contribution is -0.114. The molecular weight excluding hydrogens is 352 g/mol. The van der Waals surface area contributed by atoms with E-state index in [9.17, 15) is 13.2 Å². The normalized spacial score (nSPS) is 11.0.